The summed E-state index contributed by atoms with van der Waals surface area (Å²) in [7, 11) is -3.59. The van der Waals surface area contributed by atoms with Gasteiger partial charge in [-0.05, 0) is 12.1 Å². The molecule has 3 rings (SSSR count). The molecule has 2 aromatic rings. The standard InChI is InChI=1S/C15H14ClN3O5S/c1-25(22,23)12-3-2-8(14(16)13(12)10-4-5-24-19-10)15(21)9-6-17-18-11(9)7-20/h2-3,6,20H,4-5,7H2,1H3,(H,17,18). The summed E-state index contributed by atoms with van der Waals surface area (Å²) in [6, 6.07) is 2.67. The van der Waals surface area contributed by atoms with Gasteiger partial charge in [0.05, 0.1) is 39.7 Å². The lowest BCUT2D eigenvalue weighted by Gasteiger charge is -2.12. The van der Waals surface area contributed by atoms with E-state index in [4.69, 9.17) is 16.4 Å². The number of rotatable bonds is 5. The van der Waals surface area contributed by atoms with Crippen molar-refractivity contribution in [1.82, 2.24) is 10.2 Å². The molecule has 1 aromatic carbocycles. The van der Waals surface area contributed by atoms with Gasteiger partial charge in [0.15, 0.2) is 15.6 Å². The first kappa shape index (κ1) is 17.6. The molecule has 0 fully saturated rings. The minimum Gasteiger partial charge on any atom is -0.395 e. The molecule has 0 aliphatic carbocycles. The number of nitrogens with zero attached hydrogens (tertiary/aromatic N) is 2. The molecule has 1 aromatic heterocycles. The number of benzene rings is 1. The molecule has 1 aliphatic rings. The van der Waals surface area contributed by atoms with E-state index in [1.54, 1.807) is 0 Å². The lowest BCUT2D eigenvalue weighted by atomic mass is 9.99. The normalized spacial score (nSPS) is 14.3. The molecule has 0 atom stereocenters. The van der Waals surface area contributed by atoms with Crippen LogP contribution < -0.4 is 0 Å². The van der Waals surface area contributed by atoms with Crippen LogP contribution in [-0.4, -0.2) is 48.1 Å². The summed E-state index contributed by atoms with van der Waals surface area (Å²) < 4.78 is 24.2. The van der Waals surface area contributed by atoms with Crippen molar-refractivity contribution in [3.8, 4) is 0 Å². The number of aliphatic hydroxyl groups excluding tert-OH is 1. The fourth-order valence-corrected chi connectivity index (χ4v) is 3.89. The summed E-state index contributed by atoms with van der Waals surface area (Å²) in [6.07, 6.45) is 2.72. The highest BCUT2D eigenvalue weighted by atomic mass is 35.5. The molecule has 0 saturated heterocycles. The zero-order chi connectivity index (χ0) is 18.2. The number of carbonyl (C=O) groups excluding carboxylic acids is 1. The van der Waals surface area contributed by atoms with Crippen molar-refractivity contribution >= 4 is 32.9 Å². The Bertz CT molecular complexity index is 981. The van der Waals surface area contributed by atoms with E-state index < -0.39 is 22.2 Å². The Hall–Kier alpha value is -2.23. The Kier molecular flexibility index (Phi) is 4.63. The van der Waals surface area contributed by atoms with Gasteiger partial charge in [-0.25, -0.2) is 8.42 Å². The number of halogens is 1. The number of aromatic amines is 1. The van der Waals surface area contributed by atoms with Crippen LogP contribution >= 0.6 is 11.6 Å². The second-order valence-electron chi connectivity index (χ2n) is 5.44. The average Bonchev–Trinajstić information content (AvgIpc) is 3.24. The molecule has 2 N–H and O–H groups in total. The molecular formula is C15H14ClN3O5S. The van der Waals surface area contributed by atoms with Crippen molar-refractivity contribution in [2.45, 2.75) is 17.9 Å². The van der Waals surface area contributed by atoms with E-state index in [1.807, 2.05) is 0 Å². The summed E-state index contributed by atoms with van der Waals surface area (Å²) in [5.74, 6) is -0.483. The molecule has 0 radical (unpaired) electrons. The van der Waals surface area contributed by atoms with Gasteiger partial charge in [0.25, 0.3) is 0 Å². The van der Waals surface area contributed by atoms with Gasteiger partial charge in [0.2, 0.25) is 0 Å². The van der Waals surface area contributed by atoms with Crippen LogP contribution in [0, 0.1) is 0 Å². The number of oxime groups is 1. The topological polar surface area (TPSA) is 122 Å². The number of ketones is 1. The van der Waals surface area contributed by atoms with Gasteiger partial charge in [-0.1, -0.05) is 16.8 Å². The van der Waals surface area contributed by atoms with Crippen molar-refractivity contribution in [2.75, 3.05) is 12.9 Å². The molecule has 25 heavy (non-hydrogen) atoms. The fourth-order valence-electron chi connectivity index (χ4n) is 2.57. The second kappa shape index (κ2) is 6.58. The molecular weight excluding hydrogens is 370 g/mol. The molecule has 8 nitrogen and oxygen atoms in total. The second-order valence-corrected chi connectivity index (χ2v) is 7.81. The predicted octanol–water partition coefficient (Wildman–Crippen LogP) is 1.31. The number of hydrogen-bond acceptors (Lipinski definition) is 7. The van der Waals surface area contributed by atoms with E-state index in [1.165, 1.54) is 18.3 Å². The molecule has 132 valence electrons. The third kappa shape index (κ3) is 3.17. The summed E-state index contributed by atoms with van der Waals surface area (Å²) in [5, 5.41) is 19.4. The number of nitrogens with one attached hydrogen (secondary N) is 1. The molecule has 0 bridgehead atoms. The van der Waals surface area contributed by atoms with Crippen LogP contribution in [-0.2, 0) is 21.3 Å². The zero-order valence-corrected chi connectivity index (χ0v) is 14.7. The third-order valence-electron chi connectivity index (χ3n) is 3.76. The maximum Gasteiger partial charge on any atom is 0.198 e. The zero-order valence-electron chi connectivity index (χ0n) is 13.1. The lowest BCUT2D eigenvalue weighted by Crippen LogP contribution is -2.13. The first-order valence-electron chi connectivity index (χ1n) is 7.24. The maximum atomic E-state index is 12.8. The third-order valence-corrected chi connectivity index (χ3v) is 5.29. The van der Waals surface area contributed by atoms with Crippen LogP contribution in [0.15, 0.2) is 28.4 Å². The van der Waals surface area contributed by atoms with E-state index in [0.717, 1.165) is 6.26 Å². The number of aromatic nitrogens is 2. The quantitative estimate of drug-likeness (QED) is 0.751. The van der Waals surface area contributed by atoms with Gasteiger partial charge >= 0.3 is 0 Å². The summed E-state index contributed by atoms with van der Waals surface area (Å²) in [6.45, 7) is -0.0864. The van der Waals surface area contributed by atoms with Crippen molar-refractivity contribution < 1.29 is 23.2 Å². The SMILES string of the molecule is CS(=O)(=O)c1ccc(C(=O)c2cn[nH]c2CO)c(Cl)c1C1=NOCC1. The highest BCUT2D eigenvalue weighted by Gasteiger charge is 2.28. The average molecular weight is 384 g/mol. The van der Waals surface area contributed by atoms with Crippen LogP contribution in [0.3, 0.4) is 0 Å². The summed E-state index contributed by atoms with van der Waals surface area (Å²) >= 11 is 6.39. The number of H-pyrrole nitrogens is 1. The van der Waals surface area contributed by atoms with Crippen molar-refractivity contribution in [2.24, 2.45) is 5.16 Å². The Labute approximate surface area is 148 Å². The first-order chi connectivity index (χ1) is 11.8. The van der Waals surface area contributed by atoms with Crippen LogP contribution in [0.4, 0.5) is 0 Å². The molecule has 2 heterocycles. The van der Waals surface area contributed by atoms with Gasteiger partial charge in [-0.2, -0.15) is 5.10 Å². The van der Waals surface area contributed by atoms with E-state index in [9.17, 15) is 18.3 Å². The number of aliphatic hydroxyl groups is 1. The Balaban J connectivity index is 2.20. The van der Waals surface area contributed by atoms with Crippen molar-refractivity contribution in [1.29, 1.82) is 0 Å². The Morgan fingerprint density at radius 2 is 2.16 bits per heavy atom. The van der Waals surface area contributed by atoms with Gasteiger partial charge in [0.1, 0.15) is 6.61 Å². The molecule has 0 unspecified atom stereocenters. The highest BCUT2D eigenvalue weighted by molar-refractivity contribution is 7.90. The Morgan fingerprint density at radius 3 is 2.76 bits per heavy atom. The van der Waals surface area contributed by atoms with Gasteiger partial charge in [-0.15, -0.1) is 0 Å². The monoisotopic (exact) mass is 383 g/mol. The van der Waals surface area contributed by atoms with Crippen LogP contribution in [0.1, 0.15) is 33.6 Å². The lowest BCUT2D eigenvalue weighted by molar-refractivity contribution is 0.103. The van der Waals surface area contributed by atoms with Crippen molar-refractivity contribution in [3.63, 3.8) is 0 Å². The number of hydrogen-bond donors (Lipinski definition) is 2. The van der Waals surface area contributed by atoms with E-state index in [2.05, 4.69) is 15.4 Å². The molecule has 0 amide bonds. The van der Waals surface area contributed by atoms with Gasteiger partial charge in [-0.3, -0.25) is 9.89 Å². The predicted molar refractivity (Wildman–Crippen MR) is 89.6 cm³/mol. The summed E-state index contributed by atoms with van der Waals surface area (Å²) in [5.41, 5.74) is 1.04. The van der Waals surface area contributed by atoms with Crippen LogP contribution in [0.25, 0.3) is 0 Å². The maximum absolute atomic E-state index is 12.8. The smallest absolute Gasteiger partial charge is 0.198 e. The van der Waals surface area contributed by atoms with E-state index in [-0.39, 0.29) is 32.3 Å². The van der Waals surface area contributed by atoms with Crippen LogP contribution in [0.5, 0.6) is 0 Å². The minimum atomic E-state index is -3.59. The van der Waals surface area contributed by atoms with Crippen LogP contribution in [0.2, 0.25) is 5.02 Å². The highest BCUT2D eigenvalue weighted by Crippen LogP contribution is 2.32. The molecule has 0 spiro atoms. The minimum absolute atomic E-state index is 0.0205. The number of sulfone groups is 1. The largest absolute Gasteiger partial charge is 0.395 e. The molecule has 10 heteroatoms. The van der Waals surface area contributed by atoms with Crippen molar-refractivity contribution in [3.05, 3.63) is 45.7 Å². The number of carbonyl (C=O) groups is 1. The fraction of sp³-hybridized carbons (Fsp3) is 0.267. The first-order valence-corrected chi connectivity index (χ1v) is 9.51. The molecule has 0 saturated carbocycles. The van der Waals surface area contributed by atoms with E-state index >= 15 is 0 Å². The van der Waals surface area contributed by atoms with Gasteiger partial charge in [0, 0.05) is 23.8 Å². The Morgan fingerprint density at radius 1 is 1.40 bits per heavy atom. The summed E-state index contributed by atoms with van der Waals surface area (Å²) in [4.78, 5) is 17.7. The van der Waals surface area contributed by atoms with E-state index in [0.29, 0.717) is 18.7 Å². The van der Waals surface area contributed by atoms with Gasteiger partial charge < -0.3 is 9.94 Å². The molecule has 1 aliphatic heterocycles.